The fourth-order valence-electron chi connectivity index (χ4n) is 11.3. The van der Waals surface area contributed by atoms with Crippen molar-refractivity contribution in [3.8, 4) is 35.5 Å². The molecule has 10 aromatic carbocycles. The van der Waals surface area contributed by atoms with Crippen LogP contribution in [0.25, 0.3) is 44.6 Å². The highest BCUT2D eigenvalue weighted by molar-refractivity contribution is 6.60. The maximum absolute atomic E-state index is 15.9. The predicted octanol–water partition coefficient (Wildman–Crippen LogP) is 17.3. The third-order valence-electron chi connectivity index (χ3n) is 15.4. The number of ketones is 2. The molecule has 398 valence electrons. The van der Waals surface area contributed by atoms with Crippen molar-refractivity contribution in [1.29, 1.82) is 0 Å². The summed E-state index contributed by atoms with van der Waals surface area (Å²) in [5.41, 5.74) is 19.3. The van der Waals surface area contributed by atoms with Crippen LogP contribution in [0.3, 0.4) is 0 Å². The van der Waals surface area contributed by atoms with Crippen LogP contribution in [0.4, 0.5) is 0 Å². The Morgan fingerprint density at radius 1 is 0.179 bits per heavy atom. The smallest absolute Gasteiger partial charge is 0.195 e. The van der Waals surface area contributed by atoms with Gasteiger partial charge in [-0.1, -0.05) is 309 Å². The highest BCUT2D eigenvalue weighted by Crippen LogP contribution is 2.53. The van der Waals surface area contributed by atoms with Crippen LogP contribution in [0.15, 0.2) is 279 Å². The van der Waals surface area contributed by atoms with Crippen LogP contribution in [0.5, 0.6) is 0 Å². The normalized spacial score (nSPS) is 12.9. The Morgan fingerprint density at radius 3 is 0.643 bits per heavy atom. The van der Waals surface area contributed by atoms with Gasteiger partial charge < -0.3 is 0 Å². The molecule has 0 amide bonds. The van der Waals surface area contributed by atoms with Crippen molar-refractivity contribution < 1.29 is 9.59 Å². The monoisotopic (exact) mass is 1070 g/mol. The first-order valence-corrected chi connectivity index (χ1v) is 28.7. The lowest BCUT2D eigenvalue weighted by Gasteiger charge is -2.19. The van der Waals surface area contributed by atoms with Gasteiger partial charge in [0.15, 0.2) is 11.6 Å². The van der Waals surface area contributed by atoms with Gasteiger partial charge in [0.05, 0.1) is 0 Å². The predicted molar refractivity (Wildman–Crippen MR) is 347 cm³/mol. The van der Waals surface area contributed by atoms with Crippen LogP contribution in [-0.4, -0.2) is 11.6 Å². The van der Waals surface area contributed by atoms with E-state index < -0.39 is 0 Å². The summed E-state index contributed by atoms with van der Waals surface area (Å²) in [6, 6.07) is 94.9. The standard InChI is InChI=1S/C82H58O2/c83-81-77(65-40-14-4-15-41-65)73(69-52-48-62(49-53-69)37-24-22-34-59-28-8-1-9-29-59)75(79(81)67-44-18-6-19-45-67)71-56-64(39-27-26-36-61-32-12-3-13-33-61)57-72(58-71)76-74(70-54-50-63(51-55-70)38-25-23-35-60-30-10-2-11-31-60)78(66-42-16-5-17-43-66)82(84)80(76)68-46-20-7-21-47-68/h1-21,28-33,40-58H,34-39H2. The molecule has 2 aliphatic carbocycles. The van der Waals surface area contributed by atoms with Gasteiger partial charge in [0.25, 0.3) is 0 Å². The number of allylic oxidation sites excluding steroid dienone is 8. The van der Waals surface area contributed by atoms with E-state index in [1.165, 1.54) is 11.1 Å². The second kappa shape index (κ2) is 25.7. The Bertz CT molecular complexity index is 4110. The zero-order valence-corrected chi connectivity index (χ0v) is 46.6. The summed E-state index contributed by atoms with van der Waals surface area (Å²) in [6.45, 7) is 0. The summed E-state index contributed by atoms with van der Waals surface area (Å²) >= 11 is 0. The van der Waals surface area contributed by atoms with E-state index >= 15 is 9.59 Å². The maximum atomic E-state index is 15.9. The molecular weight excluding hydrogens is 1020 g/mol. The fraction of sp³-hybridized carbons (Fsp3) is 0.0732. The van der Waals surface area contributed by atoms with E-state index in [-0.39, 0.29) is 11.6 Å². The van der Waals surface area contributed by atoms with E-state index in [4.69, 9.17) is 0 Å². The first-order valence-electron chi connectivity index (χ1n) is 28.7. The average Bonchev–Trinajstić information content (AvgIpc) is 2.77. The number of benzene rings is 10. The Morgan fingerprint density at radius 2 is 0.381 bits per heavy atom. The molecule has 0 aliphatic heterocycles. The second-order valence-corrected chi connectivity index (χ2v) is 21.0. The lowest BCUT2D eigenvalue weighted by Crippen LogP contribution is -2.02. The minimum Gasteiger partial charge on any atom is -0.289 e. The third-order valence-corrected chi connectivity index (χ3v) is 15.4. The van der Waals surface area contributed by atoms with E-state index in [9.17, 15) is 0 Å². The largest absolute Gasteiger partial charge is 0.289 e. The molecule has 12 rings (SSSR count). The number of hydrogen-bond acceptors (Lipinski definition) is 2. The summed E-state index contributed by atoms with van der Waals surface area (Å²) in [7, 11) is 0. The molecule has 2 heteroatoms. The molecule has 0 unspecified atom stereocenters. The first-order chi connectivity index (χ1) is 41.5. The topological polar surface area (TPSA) is 34.1 Å². The van der Waals surface area contributed by atoms with E-state index in [0.717, 1.165) is 89.1 Å². The van der Waals surface area contributed by atoms with Crippen LogP contribution in [0.2, 0.25) is 0 Å². The molecule has 2 nitrogen and oxygen atoms in total. The van der Waals surface area contributed by atoms with E-state index in [2.05, 4.69) is 139 Å². The molecule has 0 bridgehead atoms. The van der Waals surface area contributed by atoms with Gasteiger partial charge in [-0.2, -0.15) is 0 Å². The van der Waals surface area contributed by atoms with Crippen molar-refractivity contribution in [2.75, 3.05) is 0 Å². The van der Waals surface area contributed by atoms with Crippen LogP contribution >= 0.6 is 0 Å². The third kappa shape index (κ3) is 12.1. The molecule has 2 aliphatic rings. The lowest BCUT2D eigenvalue weighted by atomic mass is 9.83. The molecule has 0 aromatic heterocycles. The minimum absolute atomic E-state index is 0.0557. The Hall–Kier alpha value is -10.8. The molecule has 0 atom stereocenters. The molecule has 0 radical (unpaired) electrons. The van der Waals surface area contributed by atoms with E-state index in [1.54, 1.807) is 0 Å². The number of carbonyl (C=O) groups excluding carboxylic acids is 2. The lowest BCUT2D eigenvalue weighted by molar-refractivity contribution is -0.109. The van der Waals surface area contributed by atoms with Crippen molar-refractivity contribution in [3.05, 3.63) is 357 Å². The number of Topliss-reactive ketones (excluding diaryl/α,β-unsaturated/α-hetero) is 2. The number of hydrogen-bond donors (Lipinski definition) is 0. The van der Waals surface area contributed by atoms with Crippen molar-refractivity contribution in [2.24, 2.45) is 0 Å². The van der Waals surface area contributed by atoms with Gasteiger partial charge in [-0.3, -0.25) is 9.59 Å². The quantitative estimate of drug-likeness (QED) is 0.102. The zero-order valence-electron chi connectivity index (χ0n) is 46.6. The zero-order chi connectivity index (χ0) is 56.9. The summed E-state index contributed by atoms with van der Waals surface area (Å²) in [5.74, 6) is 20.5. The van der Waals surface area contributed by atoms with Crippen LogP contribution in [0, 0.1) is 35.5 Å². The summed E-state index contributed by atoms with van der Waals surface area (Å²) in [5, 5.41) is 0. The van der Waals surface area contributed by atoms with Crippen LogP contribution in [-0.2, 0) is 48.1 Å². The van der Waals surface area contributed by atoms with Crippen LogP contribution in [0.1, 0.15) is 77.9 Å². The summed E-state index contributed by atoms with van der Waals surface area (Å²) in [6.07, 6.45) is 3.58. The molecule has 84 heavy (non-hydrogen) atoms. The Labute approximate surface area is 494 Å². The molecule has 0 saturated carbocycles. The molecule has 10 aromatic rings. The van der Waals surface area contributed by atoms with Crippen LogP contribution < -0.4 is 0 Å². The average molecular weight is 1080 g/mol. The van der Waals surface area contributed by atoms with Gasteiger partial charge in [0.2, 0.25) is 0 Å². The molecule has 0 saturated heterocycles. The Balaban J connectivity index is 1.06. The maximum Gasteiger partial charge on any atom is 0.195 e. The van der Waals surface area contributed by atoms with Gasteiger partial charge in [-0.15, -0.1) is 0 Å². The molecule has 0 heterocycles. The van der Waals surface area contributed by atoms with E-state index in [0.29, 0.717) is 60.8 Å². The van der Waals surface area contributed by atoms with Gasteiger partial charge in [0, 0.05) is 83.1 Å². The minimum atomic E-state index is -0.0557. The van der Waals surface area contributed by atoms with Crippen molar-refractivity contribution in [2.45, 2.75) is 38.5 Å². The van der Waals surface area contributed by atoms with Crippen molar-refractivity contribution in [1.82, 2.24) is 0 Å². The molecule has 0 fully saturated rings. The molecular formula is C82H58O2. The highest BCUT2D eigenvalue weighted by atomic mass is 16.1. The molecule has 0 spiro atoms. The number of rotatable bonds is 14. The molecule has 0 N–H and O–H groups in total. The Kier molecular flexibility index (Phi) is 16.5. The highest BCUT2D eigenvalue weighted by Gasteiger charge is 2.38. The van der Waals surface area contributed by atoms with Gasteiger partial charge in [-0.25, -0.2) is 0 Å². The van der Waals surface area contributed by atoms with Crippen molar-refractivity contribution >= 4 is 56.2 Å². The second-order valence-electron chi connectivity index (χ2n) is 21.0. The SMILES string of the molecule is O=C1C(c2ccccc2)=C(c2ccc(CC#CCc3ccccc3)cc2)C(c2cc(CC#CCc3ccccc3)cc(C3=C(c4ccccc4)C(=O)C(c4ccccc4)=C3c3ccc(CC#CCc4ccccc4)cc3)c2)=C1c1ccccc1. The van der Waals surface area contributed by atoms with Gasteiger partial charge in [-0.05, 0) is 84.0 Å². The van der Waals surface area contributed by atoms with Crippen molar-refractivity contribution in [3.63, 3.8) is 0 Å². The number of carbonyl (C=O) groups is 2. The van der Waals surface area contributed by atoms with Gasteiger partial charge in [0.1, 0.15) is 0 Å². The fourth-order valence-corrected chi connectivity index (χ4v) is 11.3. The first kappa shape index (κ1) is 53.8. The summed E-state index contributed by atoms with van der Waals surface area (Å²) < 4.78 is 0. The van der Waals surface area contributed by atoms with E-state index in [1.807, 2.05) is 176 Å². The van der Waals surface area contributed by atoms with Gasteiger partial charge >= 0.3 is 0 Å². The summed E-state index contributed by atoms with van der Waals surface area (Å²) in [4.78, 5) is 31.7.